The van der Waals surface area contributed by atoms with Gasteiger partial charge in [0, 0.05) is 43.6 Å². The molecule has 0 aliphatic carbocycles. The zero-order valence-corrected chi connectivity index (χ0v) is 24.9. The van der Waals surface area contributed by atoms with Crippen molar-refractivity contribution in [3.8, 4) is 23.3 Å². The Morgan fingerprint density at radius 2 is 1.92 bits per heavy atom. The Morgan fingerprint density at radius 3 is 2.56 bits per heavy atom. The van der Waals surface area contributed by atoms with E-state index < -0.39 is 38.1 Å². The number of nitrogens with zero attached hydrogens (tertiary/aromatic N) is 2. The quantitative estimate of drug-likeness (QED) is 0.479. The number of rotatable bonds is 8. The van der Waals surface area contributed by atoms with Gasteiger partial charge in [0.2, 0.25) is 20.0 Å². The Morgan fingerprint density at radius 1 is 1.21 bits per heavy atom. The summed E-state index contributed by atoms with van der Waals surface area (Å²) < 4.78 is 68.0. The van der Waals surface area contributed by atoms with E-state index in [0.717, 1.165) is 0 Å². The summed E-state index contributed by atoms with van der Waals surface area (Å²) in [7, 11) is -4.99. The normalized spacial score (nSPS) is 20.2. The summed E-state index contributed by atoms with van der Waals surface area (Å²) in [5.41, 5.74) is 0.593. The van der Waals surface area contributed by atoms with Crippen molar-refractivity contribution in [2.45, 2.75) is 56.1 Å². The zero-order valence-electron chi connectivity index (χ0n) is 23.3. The van der Waals surface area contributed by atoms with E-state index in [1.165, 1.54) is 41.0 Å². The van der Waals surface area contributed by atoms with Crippen LogP contribution in [0.1, 0.15) is 39.7 Å². The van der Waals surface area contributed by atoms with Gasteiger partial charge in [-0.25, -0.2) is 16.8 Å². The SMILES string of the molecule is COc1cccc(S(=O)(=O)N(C)C[C@@H]2Oc3cc(C#CCC(C)C)ccc3S(=O)(=O)N([C@H](C)CO)C[C@H]2C)c1. The number of hydrogen-bond acceptors (Lipinski definition) is 7. The minimum Gasteiger partial charge on any atom is -0.497 e. The van der Waals surface area contributed by atoms with Crippen molar-refractivity contribution < 1.29 is 31.4 Å². The highest BCUT2D eigenvalue weighted by molar-refractivity contribution is 7.89. The summed E-state index contributed by atoms with van der Waals surface area (Å²) in [6.45, 7) is 7.19. The molecule has 1 heterocycles. The number of benzene rings is 2. The number of hydrogen-bond donors (Lipinski definition) is 1. The van der Waals surface area contributed by atoms with Gasteiger partial charge >= 0.3 is 0 Å². The summed E-state index contributed by atoms with van der Waals surface area (Å²) in [4.78, 5) is 0.0245. The molecule has 0 radical (unpaired) electrons. The molecule has 1 aliphatic heterocycles. The van der Waals surface area contributed by atoms with E-state index in [9.17, 15) is 21.9 Å². The van der Waals surface area contributed by atoms with E-state index in [2.05, 4.69) is 25.7 Å². The predicted octanol–water partition coefficient (Wildman–Crippen LogP) is 3.18. The zero-order chi connectivity index (χ0) is 29.0. The van der Waals surface area contributed by atoms with Crippen LogP contribution in [-0.4, -0.2) is 76.6 Å². The van der Waals surface area contributed by atoms with Crippen LogP contribution in [0.15, 0.2) is 52.3 Å². The molecule has 0 spiro atoms. The van der Waals surface area contributed by atoms with Crippen LogP contribution in [0.2, 0.25) is 0 Å². The maximum Gasteiger partial charge on any atom is 0.247 e. The van der Waals surface area contributed by atoms with Crippen LogP contribution in [-0.2, 0) is 20.0 Å². The van der Waals surface area contributed by atoms with E-state index in [0.29, 0.717) is 23.7 Å². The van der Waals surface area contributed by atoms with Gasteiger partial charge in [-0.1, -0.05) is 38.7 Å². The molecule has 3 atom stereocenters. The summed E-state index contributed by atoms with van der Waals surface area (Å²) >= 11 is 0. The number of ether oxygens (including phenoxy) is 2. The van der Waals surface area contributed by atoms with Crippen molar-refractivity contribution in [3.05, 3.63) is 48.0 Å². The molecular formula is C28H38N2O7S2. The second-order valence-corrected chi connectivity index (χ2v) is 14.2. The molecule has 0 saturated heterocycles. The summed E-state index contributed by atoms with van der Waals surface area (Å²) in [6, 6.07) is 10.2. The number of methoxy groups -OCH3 is 1. The number of aliphatic hydroxyl groups excluding tert-OH is 1. The van der Waals surface area contributed by atoms with Crippen LogP contribution in [0.25, 0.3) is 0 Å². The molecule has 11 heteroatoms. The Hall–Kier alpha value is -2.62. The molecule has 0 amide bonds. The van der Waals surface area contributed by atoms with Crippen molar-refractivity contribution in [1.29, 1.82) is 0 Å². The van der Waals surface area contributed by atoms with Gasteiger partial charge in [-0.15, -0.1) is 0 Å². The summed E-state index contributed by atoms with van der Waals surface area (Å²) in [5.74, 6) is 6.65. The number of aliphatic hydroxyl groups is 1. The first-order chi connectivity index (χ1) is 18.3. The van der Waals surface area contributed by atoms with Crippen molar-refractivity contribution >= 4 is 20.0 Å². The van der Waals surface area contributed by atoms with Crippen molar-refractivity contribution in [1.82, 2.24) is 8.61 Å². The fraction of sp³-hybridized carbons (Fsp3) is 0.500. The molecule has 39 heavy (non-hydrogen) atoms. The maximum atomic E-state index is 13.7. The van der Waals surface area contributed by atoms with Gasteiger partial charge in [0.25, 0.3) is 0 Å². The lowest BCUT2D eigenvalue weighted by Gasteiger charge is -2.37. The Balaban J connectivity index is 2.04. The Labute approximate surface area is 232 Å². The largest absolute Gasteiger partial charge is 0.497 e. The molecular weight excluding hydrogens is 540 g/mol. The van der Waals surface area contributed by atoms with Gasteiger partial charge in [0.05, 0.1) is 25.2 Å². The second kappa shape index (κ2) is 12.7. The summed E-state index contributed by atoms with van der Waals surface area (Å²) in [5, 5.41) is 9.84. The topological polar surface area (TPSA) is 113 Å². The van der Waals surface area contributed by atoms with Gasteiger partial charge in [-0.3, -0.25) is 0 Å². The standard InChI is InChI=1S/C28H38N2O7S2/c1-20(2)9-7-10-23-13-14-28-26(15-23)37-27(21(3)17-30(22(4)19-31)39(28,34)35)18-29(5)38(32,33)25-12-8-11-24(16-25)36-6/h8,11-16,20-22,27,31H,9,17-19H2,1-6H3/t21-,22-,27+/m1/s1. The molecule has 0 unspecified atom stereocenters. The van der Waals surface area contributed by atoms with Crippen LogP contribution >= 0.6 is 0 Å². The first kappa shape index (κ1) is 30.9. The lowest BCUT2D eigenvalue weighted by Crippen LogP contribution is -2.50. The average molecular weight is 579 g/mol. The van der Waals surface area contributed by atoms with Gasteiger partial charge in [-0.05, 0) is 43.2 Å². The van der Waals surface area contributed by atoms with Crippen molar-refractivity contribution in [3.63, 3.8) is 0 Å². The van der Waals surface area contributed by atoms with Crippen molar-refractivity contribution in [2.75, 3.05) is 33.9 Å². The smallest absolute Gasteiger partial charge is 0.247 e. The third-order valence-corrected chi connectivity index (χ3v) is 10.4. The van der Waals surface area contributed by atoms with Gasteiger partial charge in [0.15, 0.2) is 0 Å². The molecule has 2 aromatic carbocycles. The van der Waals surface area contributed by atoms with Crippen LogP contribution in [0.5, 0.6) is 11.5 Å². The first-order valence-corrected chi connectivity index (χ1v) is 15.7. The molecule has 0 fully saturated rings. The van der Waals surface area contributed by atoms with Crippen LogP contribution in [0.3, 0.4) is 0 Å². The molecule has 0 saturated carbocycles. The molecule has 0 aromatic heterocycles. The minimum atomic E-state index is -4.01. The lowest BCUT2D eigenvalue weighted by atomic mass is 10.0. The third-order valence-electron chi connectivity index (χ3n) is 6.60. The fourth-order valence-electron chi connectivity index (χ4n) is 4.17. The van der Waals surface area contributed by atoms with E-state index in [-0.39, 0.29) is 35.2 Å². The number of sulfonamides is 2. The molecule has 9 nitrogen and oxygen atoms in total. The highest BCUT2D eigenvalue weighted by Gasteiger charge is 2.39. The summed E-state index contributed by atoms with van der Waals surface area (Å²) in [6.07, 6.45) is -0.0122. The maximum absolute atomic E-state index is 13.7. The second-order valence-electron chi connectivity index (χ2n) is 10.3. The number of likely N-dealkylation sites (N-methyl/N-ethyl adjacent to an activating group) is 1. The van der Waals surface area contributed by atoms with Crippen LogP contribution < -0.4 is 9.47 Å². The van der Waals surface area contributed by atoms with E-state index in [1.807, 2.05) is 0 Å². The fourth-order valence-corrected chi connectivity index (χ4v) is 7.22. The molecule has 0 bridgehead atoms. The first-order valence-electron chi connectivity index (χ1n) is 12.8. The van der Waals surface area contributed by atoms with Crippen LogP contribution in [0, 0.1) is 23.7 Å². The van der Waals surface area contributed by atoms with E-state index in [4.69, 9.17) is 9.47 Å². The lowest BCUT2D eigenvalue weighted by molar-refractivity contribution is 0.0904. The number of fused-ring (bicyclic) bond motifs is 1. The molecule has 1 aliphatic rings. The minimum absolute atomic E-state index is 0.0369. The van der Waals surface area contributed by atoms with E-state index in [1.54, 1.807) is 38.1 Å². The molecule has 1 N–H and O–H groups in total. The van der Waals surface area contributed by atoms with Gasteiger partial charge < -0.3 is 14.6 Å². The van der Waals surface area contributed by atoms with E-state index >= 15 is 0 Å². The van der Waals surface area contributed by atoms with Gasteiger partial charge in [0.1, 0.15) is 22.5 Å². The molecule has 214 valence electrons. The Kier molecular flexibility index (Phi) is 10.1. The third kappa shape index (κ3) is 7.13. The average Bonchev–Trinajstić information content (AvgIpc) is 2.89. The highest BCUT2D eigenvalue weighted by atomic mass is 32.2. The monoisotopic (exact) mass is 578 g/mol. The highest BCUT2D eigenvalue weighted by Crippen LogP contribution is 2.34. The van der Waals surface area contributed by atoms with Crippen LogP contribution in [0.4, 0.5) is 0 Å². The Bertz CT molecular complexity index is 1430. The van der Waals surface area contributed by atoms with Crippen molar-refractivity contribution in [2.24, 2.45) is 11.8 Å². The predicted molar refractivity (Wildman–Crippen MR) is 150 cm³/mol. The molecule has 2 aromatic rings. The van der Waals surface area contributed by atoms with Gasteiger partial charge in [-0.2, -0.15) is 8.61 Å². The molecule has 3 rings (SSSR count).